The first-order valence-electron chi connectivity index (χ1n) is 6.05. The summed E-state index contributed by atoms with van der Waals surface area (Å²) in [4.78, 5) is 0. The third kappa shape index (κ3) is 5.65. The number of nitrogens with one attached hydrogen (secondary N) is 1. The van der Waals surface area contributed by atoms with Crippen molar-refractivity contribution in [1.82, 2.24) is 5.32 Å². The summed E-state index contributed by atoms with van der Waals surface area (Å²) >= 11 is 0. The molecule has 19 heavy (non-hydrogen) atoms. The molecule has 0 unspecified atom stereocenters. The highest BCUT2D eigenvalue weighted by atomic mass is 32.2. The molecule has 108 valence electrons. The van der Waals surface area contributed by atoms with E-state index >= 15 is 0 Å². The fourth-order valence-corrected chi connectivity index (χ4v) is 3.07. The Balaban J connectivity index is 2.58. The highest BCUT2D eigenvalue weighted by molar-refractivity contribution is 7.90. The number of hydrogen-bond donors (Lipinski definition) is 1. The molecule has 2 atom stereocenters. The summed E-state index contributed by atoms with van der Waals surface area (Å²) in [6.45, 7) is 4.01. The number of sulfone groups is 1. The minimum Gasteiger partial charge on any atom is -0.310 e. The van der Waals surface area contributed by atoms with Crippen LogP contribution in [-0.4, -0.2) is 27.0 Å². The molecule has 0 aliphatic heterocycles. The maximum absolute atomic E-state index is 13.5. The molecule has 0 aromatic heterocycles. The van der Waals surface area contributed by atoms with Crippen LogP contribution in [-0.2, 0) is 9.84 Å². The van der Waals surface area contributed by atoms with Gasteiger partial charge in [0.2, 0.25) is 0 Å². The van der Waals surface area contributed by atoms with Gasteiger partial charge in [0.15, 0.2) is 0 Å². The molecular formula is C13H19F2NO2S. The third-order valence-electron chi connectivity index (χ3n) is 2.79. The van der Waals surface area contributed by atoms with E-state index in [1.165, 1.54) is 18.4 Å². The van der Waals surface area contributed by atoms with Gasteiger partial charge in [-0.2, -0.15) is 0 Å². The molecule has 0 saturated heterocycles. The third-order valence-corrected chi connectivity index (χ3v) is 3.96. The van der Waals surface area contributed by atoms with Gasteiger partial charge >= 0.3 is 0 Å². The second kappa shape index (κ2) is 6.43. The predicted octanol–water partition coefficient (Wildman–Crippen LogP) is 2.30. The van der Waals surface area contributed by atoms with Crippen LogP contribution in [0.5, 0.6) is 0 Å². The second-order valence-corrected chi connectivity index (χ2v) is 7.18. The van der Waals surface area contributed by atoms with Crippen LogP contribution >= 0.6 is 0 Å². The highest BCUT2D eigenvalue weighted by Gasteiger charge is 2.14. The molecule has 0 spiro atoms. The zero-order valence-corrected chi connectivity index (χ0v) is 12.1. The quantitative estimate of drug-likeness (QED) is 0.875. The Labute approximate surface area is 112 Å². The number of rotatable bonds is 6. The van der Waals surface area contributed by atoms with Crippen LogP contribution in [0.3, 0.4) is 0 Å². The van der Waals surface area contributed by atoms with Crippen LogP contribution in [0, 0.1) is 17.6 Å². The molecule has 3 nitrogen and oxygen atoms in total. The van der Waals surface area contributed by atoms with Crippen molar-refractivity contribution in [3.05, 3.63) is 35.4 Å². The summed E-state index contributed by atoms with van der Waals surface area (Å²) in [5.41, 5.74) is 0.368. The van der Waals surface area contributed by atoms with Crippen LogP contribution in [0.2, 0.25) is 0 Å². The van der Waals surface area contributed by atoms with Crippen LogP contribution in [0.25, 0.3) is 0 Å². The second-order valence-electron chi connectivity index (χ2n) is 4.99. The highest BCUT2D eigenvalue weighted by Crippen LogP contribution is 2.17. The molecule has 1 N–H and O–H groups in total. The topological polar surface area (TPSA) is 46.2 Å². The zero-order chi connectivity index (χ0) is 14.6. The molecule has 0 fully saturated rings. The molecule has 0 saturated carbocycles. The summed E-state index contributed by atoms with van der Waals surface area (Å²) in [7, 11) is -3.01. The van der Waals surface area contributed by atoms with Gasteiger partial charge in [-0.1, -0.05) is 13.0 Å². The first-order chi connectivity index (χ1) is 8.69. The minimum atomic E-state index is -3.01. The van der Waals surface area contributed by atoms with Gasteiger partial charge in [-0.3, -0.25) is 0 Å². The van der Waals surface area contributed by atoms with E-state index < -0.39 is 21.5 Å². The van der Waals surface area contributed by atoms with E-state index in [1.54, 1.807) is 6.92 Å². The van der Waals surface area contributed by atoms with Gasteiger partial charge in [-0.15, -0.1) is 0 Å². The summed E-state index contributed by atoms with van der Waals surface area (Å²) < 4.78 is 48.5. The van der Waals surface area contributed by atoms with Crippen molar-refractivity contribution in [1.29, 1.82) is 0 Å². The van der Waals surface area contributed by atoms with E-state index in [0.29, 0.717) is 12.1 Å². The zero-order valence-electron chi connectivity index (χ0n) is 11.3. The Morgan fingerprint density at radius 3 is 2.42 bits per heavy atom. The van der Waals surface area contributed by atoms with E-state index in [2.05, 4.69) is 5.32 Å². The summed E-state index contributed by atoms with van der Waals surface area (Å²) in [6, 6.07) is 3.13. The first kappa shape index (κ1) is 16.0. The Hall–Kier alpha value is -1.01. The minimum absolute atomic E-state index is 0.0686. The Kier molecular flexibility index (Phi) is 5.43. The lowest BCUT2D eigenvalue weighted by atomic mass is 10.1. The predicted molar refractivity (Wildman–Crippen MR) is 71.7 cm³/mol. The van der Waals surface area contributed by atoms with E-state index in [4.69, 9.17) is 0 Å². The van der Waals surface area contributed by atoms with Crippen molar-refractivity contribution in [3.8, 4) is 0 Å². The van der Waals surface area contributed by atoms with E-state index in [9.17, 15) is 17.2 Å². The van der Waals surface area contributed by atoms with Crippen molar-refractivity contribution < 1.29 is 17.2 Å². The van der Waals surface area contributed by atoms with Crippen molar-refractivity contribution in [2.45, 2.75) is 19.9 Å². The number of hydrogen-bond acceptors (Lipinski definition) is 3. The Bertz CT molecular complexity index is 531. The molecule has 0 radical (unpaired) electrons. The van der Waals surface area contributed by atoms with E-state index in [-0.39, 0.29) is 17.7 Å². The fourth-order valence-electron chi connectivity index (χ4n) is 1.92. The van der Waals surface area contributed by atoms with Gasteiger partial charge in [0, 0.05) is 23.9 Å². The fraction of sp³-hybridized carbons (Fsp3) is 0.538. The van der Waals surface area contributed by atoms with Crippen LogP contribution in [0.4, 0.5) is 8.78 Å². The van der Waals surface area contributed by atoms with Gasteiger partial charge in [0.25, 0.3) is 0 Å². The van der Waals surface area contributed by atoms with Gasteiger partial charge in [0.05, 0.1) is 5.75 Å². The van der Waals surface area contributed by atoms with Gasteiger partial charge in [-0.25, -0.2) is 17.2 Å². The normalized spacial score (nSPS) is 15.2. The van der Waals surface area contributed by atoms with Crippen LogP contribution in [0.1, 0.15) is 25.5 Å². The van der Waals surface area contributed by atoms with Gasteiger partial charge in [-0.05, 0) is 25.5 Å². The summed E-state index contributed by atoms with van der Waals surface area (Å²) in [6.07, 6.45) is 1.19. The maximum atomic E-state index is 13.5. The van der Waals surface area contributed by atoms with Gasteiger partial charge in [0.1, 0.15) is 21.5 Å². The van der Waals surface area contributed by atoms with Crippen molar-refractivity contribution in [2.24, 2.45) is 5.92 Å². The lowest BCUT2D eigenvalue weighted by Crippen LogP contribution is -2.28. The monoisotopic (exact) mass is 291 g/mol. The van der Waals surface area contributed by atoms with E-state index in [0.717, 1.165) is 6.07 Å². The number of halogens is 2. The van der Waals surface area contributed by atoms with Crippen molar-refractivity contribution in [3.63, 3.8) is 0 Å². The average Bonchev–Trinajstić information content (AvgIpc) is 2.23. The van der Waals surface area contributed by atoms with E-state index in [1.807, 2.05) is 6.92 Å². The molecule has 0 bridgehead atoms. The smallest absolute Gasteiger partial charge is 0.147 e. The molecular weight excluding hydrogens is 272 g/mol. The van der Waals surface area contributed by atoms with Crippen LogP contribution in [0.15, 0.2) is 18.2 Å². The maximum Gasteiger partial charge on any atom is 0.147 e. The molecule has 6 heteroatoms. The van der Waals surface area contributed by atoms with Gasteiger partial charge < -0.3 is 5.32 Å². The SMILES string of the molecule is C[C@@H](CN[C@@H](C)c1ccc(F)cc1F)CS(C)(=O)=O. The lowest BCUT2D eigenvalue weighted by molar-refractivity contribution is 0.473. The molecule has 0 aliphatic carbocycles. The molecule has 0 amide bonds. The van der Waals surface area contributed by atoms with Crippen molar-refractivity contribution >= 4 is 9.84 Å². The van der Waals surface area contributed by atoms with Crippen molar-refractivity contribution in [2.75, 3.05) is 18.6 Å². The summed E-state index contributed by atoms with van der Waals surface area (Å²) in [5.74, 6) is -1.20. The van der Waals surface area contributed by atoms with Crippen LogP contribution < -0.4 is 5.32 Å². The summed E-state index contributed by atoms with van der Waals surface area (Å²) in [5, 5.41) is 3.05. The average molecular weight is 291 g/mol. The number of benzene rings is 1. The molecule has 1 aromatic carbocycles. The Morgan fingerprint density at radius 2 is 1.89 bits per heavy atom. The first-order valence-corrected chi connectivity index (χ1v) is 8.11. The largest absolute Gasteiger partial charge is 0.310 e. The lowest BCUT2D eigenvalue weighted by Gasteiger charge is -2.18. The molecule has 1 rings (SSSR count). The molecule has 0 aliphatic rings. The Morgan fingerprint density at radius 1 is 1.26 bits per heavy atom. The molecule has 0 heterocycles. The molecule has 1 aromatic rings. The standard InChI is InChI=1S/C13H19F2NO2S/c1-9(8-19(3,17)18)7-16-10(2)12-5-4-11(14)6-13(12)15/h4-6,9-10,16H,7-8H2,1-3H3/t9-,10-/m0/s1.